The van der Waals surface area contributed by atoms with Crippen LogP contribution in [0.2, 0.25) is 0 Å². The summed E-state index contributed by atoms with van der Waals surface area (Å²) in [7, 11) is 0. The smallest absolute Gasteiger partial charge is 0.335 e. The number of aryl methyl sites for hydroxylation is 1. The van der Waals surface area contributed by atoms with Crippen molar-refractivity contribution in [3.8, 4) is 11.5 Å². The molecular formula is C30H25N3O6. The van der Waals surface area contributed by atoms with E-state index in [0.29, 0.717) is 30.3 Å². The van der Waals surface area contributed by atoms with Gasteiger partial charge in [0.1, 0.15) is 19.8 Å². The molecule has 2 heterocycles. The lowest BCUT2D eigenvalue weighted by Gasteiger charge is -2.18. The summed E-state index contributed by atoms with van der Waals surface area (Å²) in [5.74, 6) is -0.927. The molecule has 0 radical (unpaired) electrons. The number of nitrogens with zero attached hydrogens (tertiary/aromatic N) is 1. The van der Waals surface area contributed by atoms with Gasteiger partial charge in [0.2, 0.25) is 5.91 Å². The fourth-order valence-corrected chi connectivity index (χ4v) is 5.07. The first-order valence-corrected chi connectivity index (χ1v) is 12.6. The molecule has 2 aliphatic rings. The van der Waals surface area contributed by atoms with Crippen molar-refractivity contribution in [2.45, 2.75) is 19.4 Å². The number of carboxylic acid groups (broad SMARTS) is 1. The SMILES string of the molecule is O=C(Cn1c2c(c3ccccc31)CCC=C2)Nc1cc(NC(=O)c2ccc3c(c2)OCCO3)cc(C(=O)O)c1. The number of aromatic nitrogens is 1. The average Bonchev–Trinajstić information content (AvgIpc) is 3.26. The summed E-state index contributed by atoms with van der Waals surface area (Å²) in [4.78, 5) is 37.9. The summed E-state index contributed by atoms with van der Waals surface area (Å²) in [6, 6.07) is 17.1. The van der Waals surface area contributed by atoms with Crippen molar-refractivity contribution in [2.75, 3.05) is 23.8 Å². The zero-order chi connectivity index (χ0) is 26.9. The van der Waals surface area contributed by atoms with Gasteiger partial charge in [0.25, 0.3) is 5.91 Å². The predicted octanol–water partition coefficient (Wildman–Crippen LogP) is 4.96. The fourth-order valence-electron chi connectivity index (χ4n) is 5.07. The molecule has 196 valence electrons. The number of aromatic carboxylic acids is 1. The molecule has 1 aliphatic heterocycles. The molecule has 0 spiro atoms. The molecule has 3 aromatic carbocycles. The average molecular weight is 524 g/mol. The second-order valence-electron chi connectivity index (χ2n) is 9.37. The number of anilines is 2. The van der Waals surface area contributed by atoms with Crippen molar-refractivity contribution >= 4 is 46.1 Å². The van der Waals surface area contributed by atoms with E-state index in [9.17, 15) is 19.5 Å². The fraction of sp³-hybridized carbons (Fsp3) is 0.167. The van der Waals surface area contributed by atoms with Crippen LogP contribution in [-0.2, 0) is 17.8 Å². The van der Waals surface area contributed by atoms with Crippen LogP contribution in [0.5, 0.6) is 11.5 Å². The molecule has 4 aromatic rings. The van der Waals surface area contributed by atoms with Gasteiger partial charge in [-0.2, -0.15) is 0 Å². The third kappa shape index (κ3) is 4.82. The van der Waals surface area contributed by atoms with Gasteiger partial charge in [0.15, 0.2) is 11.5 Å². The molecule has 0 unspecified atom stereocenters. The maximum Gasteiger partial charge on any atom is 0.335 e. The first-order chi connectivity index (χ1) is 19.0. The topological polar surface area (TPSA) is 119 Å². The Morgan fingerprint density at radius 1 is 0.872 bits per heavy atom. The van der Waals surface area contributed by atoms with E-state index in [2.05, 4.69) is 22.8 Å². The predicted molar refractivity (Wildman–Crippen MR) is 147 cm³/mol. The van der Waals surface area contributed by atoms with Gasteiger partial charge in [0.05, 0.1) is 5.56 Å². The van der Waals surface area contributed by atoms with E-state index in [1.807, 2.05) is 28.8 Å². The Hall–Kier alpha value is -5.05. The number of benzene rings is 3. The molecule has 9 nitrogen and oxygen atoms in total. The van der Waals surface area contributed by atoms with Gasteiger partial charge in [-0.3, -0.25) is 9.59 Å². The van der Waals surface area contributed by atoms with Crippen LogP contribution in [-0.4, -0.2) is 40.7 Å². The summed E-state index contributed by atoms with van der Waals surface area (Å²) >= 11 is 0. The Morgan fingerprint density at radius 2 is 1.64 bits per heavy atom. The van der Waals surface area contributed by atoms with Crippen molar-refractivity contribution < 1.29 is 29.0 Å². The minimum absolute atomic E-state index is 0.0520. The third-order valence-electron chi connectivity index (χ3n) is 6.78. The molecule has 0 fully saturated rings. The van der Waals surface area contributed by atoms with Crippen molar-refractivity contribution in [2.24, 2.45) is 0 Å². The zero-order valence-corrected chi connectivity index (χ0v) is 20.9. The van der Waals surface area contributed by atoms with E-state index >= 15 is 0 Å². The van der Waals surface area contributed by atoms with Crippen LogP contribution in [0.15, 0.2) is 66.7 Å². The summed E-state index contributed by atoms with van der Waals surface area (Å²) in [5.41, 5.74) is 3.94. The molecule has 1 aliphatic carbocycles. The number of ether oxygens (including phenoxy) is 2. The molecule has 1 aromatic heterocycles. The summed E-state index contributed by atoms with van der Waals surface area (Å²) in [6.45, 7) is 0.880. The van der Waals surface area contributed by atoms with Gasteiger partial charge in [-0.25, -0.2) is 4.79 Å². The molecule has 6 rings (SSSR count). The van der Waals surface area contributed by atoms with Gasteiger partial charge in [-0.05, 0) is 66.9 Å². The van der Waals surface area contributed by atoms with Gasteiger partial charge in [-0.1, -0.05) is 24.3 Å². The standard InChI is InChI=1S/C30H25N3O6/c34-28(17-33-24-7-3-1-5-22(24)23-6-2-4-8-25(23)33)31-20-13-19(30(36)37)14-21(16-20)32-29(35)18-9-10-26-27(15-18)39-12-11-38-26/h1,3-5,7-10,13-16H,2,6,11-12,17H2,(H,31,34)(H,32,35)(H,36,37). The van der Waals surface area contributed by atoms with E-state index in [1.165, 1.54) is 23.8 Å². The number of rotatable bonds is 6. The molecule has 2 amide bonds. The summed E-state index contributed by atoms with van der Waals surface area (Å²) in [6.07, 6.45) is 6.01. The van der Waals surface area contributed by atoms with E-state index in [4.69, 9.17) is 9.47 Å². The number of para-hydroxylation sites is 1. The van der Waals surface area contributed by atoms with Crippen LogP contribution in [0.3, 0.4) is 0 Å². The number of amides is 2. The maximum absolute atomic E-state index is 13.2. The third-order valence-corrected chi connectivity index (χ3v) is 6.78. The Kier molecular flexibility index (Phi) is 6.24. The number of carbonyl (C=O) groups excluding carboxylic acids is 2. The highest BCUT2D eigenvalue weighted by Gasteiger charge is 2.20. The summed E-state index contributed by atoms with van der Waals surface area (Å²) < 4.78 is 13.0. The van der Waals surface area contributed by atoms with E-state index < -0.39 is 11.9 Å². The molecule has 9 heteroatoms. The van der Waals surface area contributed by atoms with Crippen LogP contribution in [0.25, 0.3) is 17.0 Å². The molecule has 0 atom stereocenters. The lowest BCUT2D eigenvalue weighted by molar-refractivity contribution is -0.116. The highest BCUT2D eigenvalue weighted by atomic mass is 16.6. The van der Waals surface area contributed by atoms with Crippen molar-refractivity contribution in [1.29, 1.82) is 0 Å². The number of fused-ring (bicyclic) bond motifs is 4. The van der Waals surface area contributed by atoms with Gasteiger partial charge in [-0.15, -0.1) is 0 Å². The Bertz CT molecular complexity index is 1670. The lowest BCUT2D eigenvalue weighted by atomic mass is 10.0. The molecule has 39 heavy (non-hydrogen) atoms. The van der Waals surface area contributed by atoms with Crippen LogP contribution >= 0.6 is 0 Å². The number of nitrogens with one attached hydrogen (secondary N) is 2. The number of hydrogen-bond donors (Lipinski definition) is 3. The van der Waals surface area contributed by atoms with Crippen molar-refractivity contribution in [3.63, 3.8) is 0 Å². The van der Waals surface area contributed by atoms with Crippen LogP contribution < -0.4 is 20.1 Å². The number of carbonyl (C=O) groups is 3. The largest absolute Gasteiger partial charge is 0.486 e. The second kappa shape index (κ2) is 10.0. The van der Waals surface area contributed by atoms with Crippen molar-refractivity contribution in [3.05, 3.63) is 89.1 Å². The molecular weight excluding hydrogens is 498 g/mol. The zero-order valence-electron chi connectivity index (χ0n) is 20.9. The van der Waals surface area contributed by atoms with Gasteiger partial charge < -0.3 is 29.8 Å². The molecule has 0 saturated heterocycles. The first-order valence-electron chi connectivity index (χ1n) is 12.6. The summed E-state index contributed by atoms with van der Waals surface area (Å²) in [5, 5.41) is 16.3. The minimum atomic E-state index is -1.18. The monoisotopic (exact) mass is 523 g/mol. The maximum atomic E-state index is 13.2. The van der Waals surface area contributed by atoms with Crippen LogP contribution in [0, 0.1) is 0 Å². The number of carboxylic acids is 1. The van der Waals surface area contributed by atoms with Gasteiger partial charge in [0, 0.05) is 33.5 Å². The normalized spacial score (nSPS) is 13.5. The van der Waals surface area contributed by atoms with Gasteiger partial charge >= 0.3 is 5.97 Å². The van der Waals surface area contributed by atoms with Crippen LogP contribution in [0.4, 0.5) is 11.4 Å². The van der Waals surface area contributed by atoms with Crippen LogP contribution in [0.1, 0.15) is 38.4 Å². The minimum Gasteiger partial charge on any atom is -0.486 e. The van der Waals surface area contributed by atoms with Crippen molar-refractivity contribution in [1.82, 2.24) is 4.57 Å². The molecule has 3 N–H and O–H groups in total. The second-order valence-corrected chi connectivity index (χ2v) is 9.37. The Morgan fingerprint density at radius 3 is 2.46 bits per heavy atom. The highest BCUT2D eigenvalue weighted by molar-refractivity contribution is 6.06. The quantitative estimate of drug-likeness (QED) is 0.329. The Labute approximate surface area is 223 Å². The lowest BCUT2D eigenvalue weighted by Crippen LogP contribution is -2.20. The Balaban J connectivity index is 1.24. The van der Waals surface area contributed by atoms with E-state index in [1.54, 1.807) is 18.2 Å². The number of allylic oxidation sites excluding steroid dienone is 1. The highest BCUT2D eigenvalue weighted by Crippen LogP contribution is 2.32. The molecule has 0 bridgehead atoms. The molecule has 0 saturated carbocycles. The van der Waals surface area contributed by atoms with E-state index in [-0.39, 0.29) is 29.4 Å². The number of hydrogen-bond acceptors (Lipinski definition) is 5. The van der Waals surface area contributed by atoms with E-state index in [0.717, 1.165) is 29.4 Å². The first kappa shape index (κ1) is 24.3.